The number of hydrogen-bond donors (Lipinski definition) is 3. The molecule has 2 atom stereocenters. The molecule has 2 amide bonds. The number of carbonyl (C=O) groups excluding carboxylic acids is 2. The van der Waals surface area contributed by atoms with E-state index >= 15 is 0 Å². The first-order valence-electron chi connectivity index (χ1n) is 11.9. The number of primary amides is 1. The number of amides is 2. The van der Waals surface area contributed by atoms with Crippen LogP contribution < -0.4 is 11.1 Å². The molecule has 0 radical (unpaired) electrons. The average Bonchev–Trinajstić information content (AvgIpc) is 2.71. The summed E-state index contributed by atoms with van der Waals surface area (Å²) in [5.74, 6) is -1.72. The number of rotatable bonds is 14. The van der Waals surface area contributed by atoms with E-state index < -0.39 is 23.2 Å². The number of carboxylic acids is 1. The summed E-state index contributed by atoms with van der Waals surface area (Å²) >= 11 is 0. The SMILES string of the molecule is C=C(CCCC(C)(C)C(=O)NC)CCC(C)(C)CC.CCC(C)(CC(C)C(=O)O)C(N)=O. The van der Waals surface area contributed by atoms with Gasteiger partial charge >= 0.3 is 5.97 Å². The summed E-state index contributed by atoms with van der Waals surface area (Å²) in [6.07, 6.45) is 7.41. The molecule has 0 aromatic rings. The highest BCUT2D eigenvalue weighted by Crippen LogP contribution is 2.31. The zero-order chi connectivity index (χ0) is 25.8. The van der Waals surface area contributed by atoms with Crippen molar-refractivity contribution in [3.05, 3.63) is 12.2 Å². The van der Waals surface area contributed by atoms with Crippen LogP contribution in [-0.4, -0.2) is 29.9 Å². The number of carboxylic acid groups (broad SMARTS) is 1. The van der Waals surface area contributed by atoms with Crippen molar-refractivity contribution in [2.45, 2.75) is 107 Å². The Bertz CT molecular complexity index is 625. The van der Waals surface area contributed by atoms with Gasteiger partial charge in [-0.25, -0.2) is 0 Å². The second-order valence-corrected chi connectivity index (χ2v) is 10.8. The van der Waals surface area contributed by atoms with Crippen LogP contribution in [0, 0.1) is 22.2 Å². The molecule has 0 fully saturated rings. The first-order chi connectivity index (χ1) is 14.5. The fourth-order valence-electron chi connectivity index (χ4n) is 3.23. The number of nitrogens with two attached hydrogens (primary N) is 1. The molecule has 0 saturated carbocycles. The number of aliphatic carboxylic acids is 1. The third-order valence-corrected chi connectivity index (χ3v) is 6.84. The molecule has 6 nitrogen and oxygen atoms in total. The molecule has 4 N–H and O–H groups in total. The summed E-state index contributed by atoms with van der Waals surface area (Å²) < 4.78 is 0. The molecule has 32 heavy (non-hydrogen) atoms. The summed E-state index contributed by atoms with van der Waals surface area (Å²) in [7, 11) is 1.70. The van der Waals surface area contributed by atoms with Crippen molar-refractivity contribution in [3.8, 4) is 0 Å². The Kier molecular flexibility index (Phi) is 14.5. The van der Waals surface area contributed by atoms with Crippen molar-refractivity contribution < 1.29 is 19.5 Å². The summed E-state index contributed by atoms with van der Waals surface area (Å²) in [6, 6.07) is 0. The molecule has 0 aliphatic heterocycles. The molecule has 0 aliphatic rings. The summed E-state index contributed by atoms with van der Waals surface area (Å²) in [5.41, 5.74) is 5.98. The van der Waals surface area contributed by atoms with Gasteiger partial charge in [0.15, 0.2) is 0 Å². The minimum atomic E-state index is -0.888. The lowest BCUT2D eigenvalue weighted by atomic mass is 9.78. The molecule has 188 valence electrons. The Hall–Kier alpha value is -1.85. The maximum Gasteiger partial charge on any atom is 0.306 e. The maximum absolute atomic E-state index is 11.7. The molecular weight excluding hydrogens is 404 g/mol. The normalized spacial score (nSPS) is 14.4. The van der Waals surface area contributed by atoms with Crippen LogP contribution in [0.1, 0.15) is 107 Å². The molecule has 0 bridgehead atoms. The van der Waals surface area contributed by atoms with Crippen molar-refractivity contribution >= 4 is 17.8 Å². The minimum Gasteiger partial charge on any atom is -0.481 e. The fourth-order valence-corrected chi connectivity index (χ4v) is 3.23. The van der Waals surface area contributed by atoms with E-state index in [1.54, 1.807) is 20.9 Å². The summed E-state index contributed by atoms with van der Waals surface area (Å²) in [6.45, 7) is 20.2. The predicted molar refractivity (Wildman–Crippen MR) is 133 cm³/mol. The topological polar surface area (TPSA) is 109 Å². The Morgan fingerprint density at radius 3 is 1.91 bits per heavy atom. The van der Waals surface area contributed by atoms with Gasteiger partial charge < -0.3 is 16.2 Å². The zero-order valence-electron chi connectivity index (χ0n) is 22.2. The molecule has 0 aromatic carbocycles. The van der Waals surface area contributed by atoms with E-state index in [-0.39, 0.29) is 11.3 Å². The fraction of sp³-hybridized carbons (Fsp3) is 0.808. The highest BCUT2D eigenvalue weighted by atomic mass is 16.4. The highest BCUT2D eigenvalue weighted by molar-refractivity contribution is 5.81. The van der Waals surface area contributed by atoms with E-state index in [4.69, 9.17) is 10.8 Å². The van der Waals surface area contributed by atoms with Crippen molar-refractivity contribution in [2.75, 3.05) is 7.05 Å². The van der Waals surface area contributed by atoms with Crippen LogP contribution in [0.25, 0.3) is 0 Å². The number of carbonyl (C=O) groups is 3. The van der Waals surface area contributed by atoms with Gasteiger partial charge in [-0.3, -0.25) is 14.4 Å². The van der Waals surface area contributed by atoms with Crippen LogP contribution in [0.15, 0.2) is 12.2 Å². The van der Waals surface area contributed by atoms with Crippen LogP contribution >= 0.6 is 0 Å². The van der Waals surface area contributed by atoms with Gasteiger partial charge in [0.25, 0.3) is 0 Å². The Morgan fingerprint density at radius 1 is 1.00 bits per heavy atom. The smallest absolute Gasteiger partial charge is 0.306 e. The quantitative estimate of drug-likeness (QED) is 0.292. The van der Waals surface area contributed by atoms with Crippen LogP contribution in [0.4, 0.5) is 0 Å². The first kappa shape index (κ1) is 32.3. The summed E-state index contributed by atoms with van der Waals surface area (Å²) in [5, 5.41) is 11.4. The molecule has 0 aliphatic carbocycles. The molecule has 6 heteroatoms. The van der Waals surface area contributed by atoms with Crippen LogP contribution in [0.2, 0.25) is 0 Å². The maximum atomic E-state index is 11.7. The van der Waals surface area contributed by atoms with Gasteiger partial charge in [0.05, 0.1) is 5.92 Å². The summed E-state index contributed by atoms with van der Waals surface area (Å²) in [4.78, 5) is 33.3. The van der Waals surface area contributed by atoms with E-state index in [0.717, 1.165) is 25.7 Å². The number of allylic oxidation sites excluding steroid dienone is 1. The van der Waals surface area contributed by atoms with Crippen molar-refractivity contribution in [1.29, 1.82) is 0 Å². The minimum absolute atomic E-state index is 0.130. The molecule has 0 rings (SSSR count). The molecule has 0 aromatic heterocycles. The van der Waals surface area contributed by atoms with E-state index in [1.807, 2.05) is 20.8 Å². The lowest BCUT2D eigenvalue weighted by Gasteiger charge is -2.25. The van der Waals surface area contributed by atoms with Crippen LogP contribution in [0.3, 0.4) is 0 Å². The Morgan fingerprint density at radius 2 is 1.53 bits per heavy atom. The second-order valence-electron chi connectivity index (χ2n) is 10.8. The van der Waals surface area contributed by atoms with Gasteiger partial charge in [0.2, 0.25) is 11.8 Å². The van der Waals surface area contributed by atoms with Crippen molar-refractivity contribution in [1.82, 2.24) is 5.32 Å². The van der Waals surface area contributed by atoms with Gasteiger partial charge in [0.1, 0.15) is 0 Å². The van der Waals surface area contributed by atoms with E-state index in [9.17, 15) is 14.4 Å². The number of nitrogens with one attached hydrogen (secondary N) is 1. The van der Waals surface area contributed by atoms with E-state index in [0.29, 0.717) is 18.3 Å². The second kappa shape index (κ2) is 14.3. The molecule has 0 heterocycles. The highest BCUT2D eigenvalue weighted by Gasteiger charge is 2.32. The van der Waals surface area contributed by atoms with Gasteiger partial charge in [-0.05, 0) is 50.4 Å². The van der Waals surface area contributed by atoms with E-state index in [1.165, 1.54) is 18.4 Å². The standard InChI is InChI=1S/C17H33NO.C9H17NO3/c1-8-16(3,4)13-11-14(2)10-9-12-17(5,6)15(19)18-7;1-4-9(3,8(10)13)5-6(2)7(11)12/h2,8-13H2,1,3-7H3,(H,18,19);6H,4-5H2,1-3H3,(H2,10,13)(H,11,12). The molecule has 0 spiro atoms. The van der Waals surface area contributed by atoms with Gasteiger partial charge in [0, 0.05) is 17.9 Å². The predicted octanol–water partition coefficient (Wildman–Crippen LogP) is 5.70. The Labute approximate surface area is 196 Å². The first-order valence-corrected chi connectivity index (χ1v) is 11.9. The monoisotopic (exact) mass is 454 g/mol. The van der Waals surface area contributed by atoms with Crippen molar-refractivity contribution in [2.24, 2.45) is 27.9 Å². The van der Waals surface area contributed by atoms with E-state index in [2.05, 4.69) is 32.7 Å². The third-order valence-electron chi connectivity index (χ3n) is 6.84. The van der Waals surface area contributed by atoms with Gasteiger partial charge in [-0.15, -0.1) is 0 Å². The zero-order valence-corrected chi connectivity index (χ0v) is 22.2. The number of hydrogen-bond acceptors (Lipinski definition) is 3. The van der Waals surface area contributed by atoms with Crippen LogP contribution in [0.5, 0.6) is 0 Å². The largest absolute Gasteiger partial charge is 0.481 e. The van der Waals surface area contributed by atoms with Gasteiger partial charge in [-0.1, -0.05) is 74.0 Å². The van der Waals surface area contributed by atoms with Crippen LogP contribution in [-0.2, 0) is 14.4 Å². The Balaban J connectivity index is 0. The third kappa shape index (κ3) is 12.9. The lowest BCUT2D eigenvalue weighted by molar-refractivity contribution is -0.143. The average molecular weight is 455 g/mol. The van der Waals surface area contributed by atoms with Gasteiger partial charge in [-0.2, -0.15) is 0 Å². The van der Waals surface area contributed by atoms with Crippen molar-refractivity contribution in [3.63, 3.8) is 0 Å². The lowest BCUT2D eigenvalue weighted by Crippen LogP contribution is -2.36. The molecule has 0 saturated heterocycles. The molecular formula is C26H50N2O4. The molecule has 2 unspecified atom stereocenters.